The van der Waals surface area contributed by atoms with Gasteiger partial charge in [-0.25, -0.2) is 0 Å². The van der Waals surface area contributed by atoms with E-state index in [4.69, 9.17) is 9.84 Å². The molecule has 0 spiro atoms. The zero-order chi connectivity index (χ0) is 15.5. The molecular formula is C17H23NO3. The zero-order valence-electron chi connectivity index (χ0n) is 12.7. The fourth-order valence-corrected chi connectivity index (χ4v) is 1.61. The van der Waals surface area contributed by atoms with E-state index in [1.165, 1.54) is 0 Å². The van der Waals surface area contributed by atoms with Gasteiger partial charge in [0.1, 0.15) is 6.61 Å². The number of amides is 1. The molecular weight excluding hydrogens is 266 g/mol. The molecule has 0 aromatic heterocycles. The Balaban J connectivity index is 2.29. The molecule has 114 valence electrons. The molecule has 0 saturated heterocycles. The first-order valence-corrected chi connectivity index (χ1v) is 7.19. The maximum Gasteiger partial charge on any atom is 0.251 e. The second-order valence-corrected chi connectivity index (χ2v) is 5.09. The summed E-state index contributed by atoms with van der Waals surface area (Å²) in [4.78, 5) is 11.9. The van der Waals surface area contributed by atoms with Gasteiger partial charge in [0.05, 0.1) is 6.61 Å². The normalized spacial score (nSPS) is 10.1. The number of aliphatic hydroxyl groups excluding tert-OH is 1. The highest BCUT2D eigenvalue weighted by Gasteiger charge is 2.04. The molecule has 0 aliphatic rings. The van der Waals surface area contributed by atoms with Gasteiger partial charge in [-0.05, 0) is 36.6 Å². The molecule has 4 heteroatoms. The van der Waals surface area contributed by atoms with Gasteiger partial charge in [-0.15, -0.1) is 0 Å². The number of rotatable bonds is 7. The predicted molar refractivity (Wildman–Crippen MR) is 83.0 cm³/mol. The molecule has 2 N–H and O–H groups in total. The highest BCUT2D eigenvalue weighted by atomic mass is 16.5. The molecule has 1 aromatic rings. The van der Waals surface area contributed by atoms with Crippen molar-refractivity contribution in [3.05, 3.63) is 35.4 Å². The summed E-state index contributed by atoms with van der Waals surface area (Å²) < 4.78 is 5.44. The molecule has 4 nitrogen and oxygen atoms in total. The first kappa shape index (κ1) is 17.2. The monoisotopic (exact) mass is 289 g/mol. The van der Waals surface area contributed by atoms with Crippen LogP contribution in [0.4, 0.5) is 0 Å². The molecule has 0 saturated carbocycles. The molecule has 1 rings (SSSR count). The first-order valence-electron chi connectivity index (χ1n) is 7.19. The van der Waals surface area contributed by atoms with E-state index in [-0.39, 0.29) is 12.5 Å². The fraction of sp³-hybridized carbons (Fsp3) is 0.471. The third-order valence-electron chi connectivity index (χ3n) is 2.83. The zero-order valence-corrected chi connectivity index (χ0v) is 12.7. The van der Waals surface area contributed by atoms with Crippen molar-refractivity contribution in [2.45, 2.75) is 20.3 Å². The smallest absolute Gasteiger partial charge is 0.251 e. The van der Waals surface area contributed by atoms with Crippen LogP contribution in [0, 0.1) is 17.8 Å². The maximum absolute atomic E-state index is 11.9. The molecule has 0 fully saturated rings. The van der Waals surface area contributed by atoms with Crippen LogP contribution in [0.2, 0.25) is 0 Å². The highest BCUT2D eigenvalue weighted by Crippen LogP contribution is 2.03. The number of nitrogens with one attached hydrogen (secondary N) is 1. The highest BCUT2D eigenvalue weighted by molar-refractivity contribution is 5.94. The summed E-state index contributed by atoms with van der Waals surface area (Å²) >= 11 is 0. The largest absolute Gasteiger partial charge is 0.384 e. The van der Waals surface area contributed by atoms with E-state index >= 15 is 0 Å². The van der Waals surface area contributed by atoms with Gasteiger partial charge in [-0.2, -0.15) is 0 Å². The van der Waals surface area contributed by atoms with E-state index in [9.17, 15) is 4.79 Å². The van der Waals surface area contributed by atoms with Crippen molar-refractivity contribution in [1.29, 1.82) is 0 Å². The Morgan fingerprint density at radius 3 is 2.62 bits per heavy atom. The Bertz CT molecular complexity index is 483. The van der Waals surface area contributed by atoms with Crippen LogP contribution < -0.4 is 5.32 Å². The van der Waals surface area contributed by atoms with Crippen molar-refractivity contribution in [3.8, 4) is 11.8 Å². The Morgan fingerprint density at radius 1 is 1.29 bits per heavy atom. The van der Waals surface area contributed by atoms with Gasteiger partial charge >= 0.3 is 0 Å². The minimum Gasteiger partial charge on any atom is -0.384 e. The van der Waals surface area contributed by atoms with Crippen molar-refractivity contribution < 1.29 is 14.6 Å². The summed E-state index contributed by atoms with van der Waals surface area (Å²) in [7, 11) is 0. The maximum atomic E-state index is 11.9. The van der Waals surface area contributed by atoms with Crippen LogP contribution in [0.25, 0.3) is 0 Å². The van der Waals surface area contributed by atoms with Crippen LogP contribution in [0.1, 0.15) is 36.2 Å². The molecule has 21 heavy (non-hydrogen) atoms. The van der Waals surface area contributed by atoms with Crippen molar-refractivity contribution in [2.75, 3.05) is 26.4 Å². The van der Waals surface area contributed by atoms with E-state index in [1.807, 2.05) is 0 Å². The number of carbonyl (C=O) groups excluding carboxylic acids is 1. The number of aliphatic hydroxyl groups is 1. The van der Waals surface area contributed by atoms with Gasteiger partial charge in [0.25, 0.3) is 5.91 Å². The van der Waals surface area contributed by atoms with Crippen LogP contribution in [-0.4, -0.2) is 37.4 Å². The van der Waals surface area contributed by atoms with E-state index in [0.29, 0.717) is 24.6 Å². The third kappa shape index (κ3) is 7.50. The van der Waals surface area contributed by atoms with Crippen LogP contribution >= 0.6 is 0 Å². The van der Waals surface area contributed by atoms with E-state index in [2.05, 4.69) is 31.0 Å². The second kappa shape index (κ2) is 9.98. The summed E-state index contributed by atoms with van der Waals surface area (Å²) in [6.45, 7) is 5.89. The summed E-state index contributed by atoms with van der Waals surface area (Å²) in [5.41, 5.74) is 1.37. The Labute approximate surface area is 126 Å². The summed E-state index contributed by atoms with van der Waals surface area (Å²) in [6.07, 6.45) is 1.03. The number of benzene rings is 1. The lowest BCUT2D eigenvalue weighted by Gasteiger charge is -2.08. The van der Waals surface area contributed by atoms with Crippen molar-refractivity contribution >= 4 is 5.91 Å². The van der Waals surface area contributed by atoms with Gasteiger partial charge in [0.15, 0.2) is 0 Å². The lowest BCUT2D eigenvalue weighted by molar-refractivity contribution is 0.0906. The summed E-state index contributed by atoms with van der Waals surface area (Å²) in [6, 6.07) is 6.96. The van der Waals surface area contributed by atoms with Gasteiger partial charge < -0.3 is 15.2 Å². The van der Waals surface area contributed by atoms with E-state index in [1.54, 1.807) is 24.3 Å². The topological polar surface area (TPSA) is 58.6 Å². The SMILES string of the molecule is CC(C)CCOCCNC(=O)c1ccc(C#CCO)cc1. The van der Waals surface area contributed by atoms with Gasteiger partial charge in [-0.1, -0.05) is 25.7 Å². The minimum absolute atomic E-state index is 0.121. The molecule has 0 atom stereocenters. The molecule has 0 aliphatic heterocycles. The number of hydrogen-bond acceptors (Lipinski definition) is 3. The Kier molecular flexibility index (Phi) is 8.18. The van der Waals surface area contributed by atoms with Crippen LogP contribution in [-0.2, 0) is 4.74 Å². The van der Waals surface area contributed by atoms with Crippen molar-refractivity contribution in [2.24, 2.45) is 5.92 Å². The van der Waals surface area contributed by atoms with Crippen molar-refractivity contribution in [1.82, 2.24) is 5.32 Å². The van der Waals surface area contributed by atoms with E-state index in [0.717, 1.165) is 18.6 Å². The Hall–Kier alpha value is -1.83. The van der Waals surface area contributed by atoms with Gasteiger partial charge in [0, 0.05) is 24.3 Å². The van der Waals surface area contributed by atoms with E-state index < -0.39 is 0 Å². The average Bonchev–Trinajstić information content (AvgIpc) is 2.48. The Morgan fingerprint density at radius 2 is 2.00 bits per heavy atom. The fourth-order valence-electron chi connectivity index (χ4n) is 1.61. The van der Waals surface area contributed by atoms with Crippen LogP contribution in [0.15, 0.2) is 24.3 Å². The first-order chi connectivity index (χ1) is 10.1. The van der Waals surface area contributed by atoms with Crippen LogP contribution in [0.5, 0.6) is 0 Å². The lowest BCUT2D eigenvalue weighted by Crippen LogP contribution is -2.27. The molecule has 0 bridgehead atoms. The lowest BCUT2D eigenvalue weighted by atomic mass is 10.1. The predicted octanol–water partition coefficient (Wildman–Crippen LogP) is 1.82. The summed E-state index contributed by atoms with van der Waals surface area (Å²) in [5, 5.41) is 11.4. The number of hydrogen-bond donors (Lipinski definition) is 2. The van der Waals surface area contributed by atoms with Gasteiger partial charge in [0.2, 0.25) is 0 Å². The quantitative estimate of drug-likeness (QED) is 0.594. The number of carbonyl (C=O) groups is 1. The third-order valence-corrected chi connectivity index (χ3v) is 2.83. The molecule has 0 radical (unpaired) electrons. The van der Waals surface area contributed by atoms with Gasteiger partial charge in [-0.3, -0.25) is 4.79 Å². The molecule has 1 aromatic carbocycles. The molecule has 0 unspecified atom stereocenters. The molecule has 0 aliphatic carbocycles. The van der Waals surface area contributed by atoms with Crippen molar-refractivity contribution in [3.63, 3.8) is 0 Å². The molecule has 1 amide bonds. The average molecular weight is 289 g/mol. The number of ether oxygens (including phenoxy) is 1. The van der Waals surface area contributed by atoms with Crippen LogP contribution in [0.3, 0.4) is 0 Å². The molecule has 0 heterocycles. The standard InChI is InChI=1S/C17H23NO3/c1-14(2)9-12-21-13-10-18-17(20)16-7-5-15(6-8-16)4-3-11-19/h5-8,14,19H,9-13H2,1-2H3,(H,18,20). The minimum atomic E-state index is -0.168. The second-order valence-electron chi connectivity index (χ2n) is 5.09. The summed E-state index contributed by atoms with van der Waals surface area (Å²) in [5.74, 6) is 5.86.